The van der Waals surface area contributed by atoms with Crippen LogP contribution in [0.3, 0.4) is 0 Å². The van der Waals surface area contributed by atoms with E-state index < -0.39 is 0 Å². The maximum Gasteiger partial charge on any atom is 0.332 e. The summed E-state index contributed by atoms with van der Waals surface area (Å²) in [6.07, 6.45) is 0. The summed E-state index contributed by atoms with van der Waals surface area (Å²) in [5.74, 6) is 0. The molecule has 2 rings (SSSR count). The van der Waals surface area contributed by atoms with Crippen LogP contribution in [0.25, 0.3) is 10.2 Å². The van der Waals surface area contributed by atoms with Gasteiger partial charge >= 0.3 is 5.69 Å². The number of aromatic nitrogens is 2. The maximum absolute atomic E-state index is 11.8. The first-order valence-corrected chi connectivity index (χ1v) is 5.89. The molecule has 15 heavy (non-hydrogen) atoms. The summed E-state index contributed by atoms with van der Waals surface area (Å²) in [7, 11) is 0. The number of fused-ring (bicyclic) bond motifs is 1. The summed E-state index contributed by atoms with van der Waals surface area (Å²) in [6, 6.07) is 1.80. The zero-order chi connectivity index (χ0) is 11.0. The second-order valence-corrected chi connectivity index (χ2v) is 4.17. The first-order valence-electron chi connectivity index (χ1n) is 4.47. The highest BCUT2D eigenvalue weighted by atomic mass is 35.5. The quantitative estimate of drug-likeness (QED) is 0.751. The van der Waals surface area contributed by atoms with Gasteiger partial charge in [0.2, 0.25) is 0 Å². The van der Waals surface area contributed by atoms with Gasteiger partial charge in [-0.05, 0) is 18.4 Å². The van der Waals surface area contributed by atoms with Crippen LogP contribution in [0.15, 0.2) is 21.0 Å². The van der Waals surface area contributed by atoms with Crippen molar-refractivity contribution < 1.29 is 0 Å². The lowest BCUT2D eigenvalue weighted by atomic mass is 10.4. The summed E-state index contributed by atoms with van der Waals surface area (Å²) in [6.45, 7) is 2.13. The van der Waals surface area contributed by atoms with Gasteiger partial charge in [0.05, 0.1) is 5.52 Å². The summed E-state index contributed by atoms with van der Waals surface area (Å²) < 4.78 is 3.18. The van der Waals surface area contributed by atoms with Crippen LogP contribution in [0.2, 0.25) is 0 Å². The monoisotopic (exact) mass is 244 g/mol. The Morgan fingerprint density at radius 1 is 1.40 bits per heavy atom. The van der Waals surface area contributed by atoms with E-state index in [1.54, 1.807) is 18.4 Å². The van der Waals surface area contributed by atoms with E-state index in [9.17, 15) is 9.59 Å². The van der Waals surface area contributed by atoms with Gasteiger partial charge in [0.25, 0.3) is 5.56 Å². The van der Waals surface area contributed by atoms with Crippen molar-refractivity contribution in [2.24, 2.45) is 0 Å². The second-order valence-electron chi connectivity index (χ2n) is 3.01. The molecule has 0 amide bonds. The van der Waals surface area contributed by atoms with E-state index in [1.807, 2.05) is 0 Å². The minimum atomic E-state index is -0.344. The third kappa shape index (κ3) is 1.42. The molecular weight excluding hydrogens is 236 g/mol. The Balaban J connectivity index is 3.04. The number of alkyl halides is 1. The standard InChI is InChI=1S/C9H9ClN2O2S/c1-2-11-8(13)7-6(3-4-15-7)12(5-10)9(11)14/h3-4H,2,5H2,1H3. The van der Waals surface area contributed by atoms with Crippen LogP contribution in [0.5, 0.6) is 0 Å². The number of rotatable bonds is 2. The van der Waals surface area contributed by atoms with E-state index in [2.05, 4.69) is 0 Å². The molecule has 0 aliphatic carbocycles. The fraction of sp³-hybridized carbons (Fsp3) is 0.333. The topological polar surface area (TPSA) is 44.0 Å². The summed E-state index contributed by atoms with van der Waals surface area (Å²) in [4.78, 5) is 23.6. The zero-order valence-electron chi connectivity index (χ0n) is 8.07. The predicted octanol–water partition coefficient (Wildman–Crippen LogP) is 1.44. The van der Waals surface area contributed by atoms with Crippen LogP contribution >= 0.6 is 22.9 Å². The van der Waals surface area contributed by atoms with Gasteiger partial charge in [-0.25, -0.2) is 4.79 Å². The van der Waals surface area contributed by atoms with Gasteiger partial charge < -0.3 is 0 Å². The Hall–Kier alpha value is -1.07. The lowest BCUT2D eigenvalue weighted by Crippen LogP contribution is -2.38. The van der Waals surface area contributed by atoms with Crippen molar-refractivity contribution in [3.8, 4) is 0 Å². The lowest BCUT2D eigenvalue weighted by Gasteiger charge is -2.07. The fourth-order valence-corrected chi connectivity index (χ4v) is 2.60. The lowest BCUT2D eigenvalue weighted by molar-refractivity contribution is 0.636. The minimum absolute atomic E-state index is 0.0619. The first kappa shape index (κ1) is 10.4. The molecule has 2 heterocycles. The van der Waals surface area contributed by atoms with Crippen molar-refractivity contribution in [3.05, 3.63) is 32.3 Å². The largest absolute Gasteiger partial charge is 0.332 e. The number of hydrogen-bond acceptors (Lipinski definition) is 3. The molecule has 0 radical (unpaired) electrons. The second kappa shape index (κ2) is 3.83. The molecule has 0 aromatic carbocycles. The number of hydrogen-bond donors (Lipinski definition) is 0. The fourth-order valence-electron chi connectivity index (χ4n) is 1.53. The van der Waals surface area contributed by atoms with Crippen LogP contribution in [0.4, 0.5) is 0 Å². The molecule has 0 fully saturated rings. The third-order valence-electron chi connectivity index (χ3n) is 2.27. The van der Waals surface area contributed by atoms with Crippen molar-refractivity contribution in [2.45, 2.75) is 19.5 Å². The molecule has 80 valence electrons. The highest BCUT2D eigenvalue weighted by molar-refractivity contribution is 7.17. The number of thiophene rings is 1. The van der Waals surface area contributed by atoms with Crippen molar-refractivity contribution in [2.75, 3.05) is 0 Å². The molecule has 0 bridgehead atoms. The molecule has 0 aliphatic rings. The molecule has 2 aromatic rings. The molecule has 0 N–H and O–H groups in total. The van der Waals surface area contributed by atoms with Crippen molar-refractivity contribution in [1.29, 1.82) is 0 Å². The van der Waals surface area contributed by atoms with Crippen LogP contribution in [-0.2, 0) is 12.5 Å². The maximum atomic E-state index is 11.8. The molecule has 0 unspecified atom stereocenters. The van der Waals surface area contributed by atoms with Gasteiger partial charge in [-0.3, -0.25) is 13.9 Å². The van der Waals surface area contributed by atoms with Gasteiger partial charge in [-0.15, -0.1) is 22.9 Å². The smallest absolute Gasteiger partial charge is 0.278 e. The van der Waals surface area contributed by atoms with E-state index in [-0.39, 0.29) is 17.3 Å². The van der Waals surface area contributed by atoms with E-state index in [0.29, 0.717) is 16.8 Å². The van der Waals surface area contributed by atoms with E-state index >= 15 is 0 Å². The van der Waals surface area contributed by atoms with Crippen molar-refractivity contribution >= 4 is 33.2 Å². The minimum Gasteiger partial charge on any atom is -0.278 e. The Kier molecular flexibility index (Phi) is 2.67. The number of halogens is 1. The molecule has 0 saturated carbocycles. The zero-order valence-corrected chi connectivity index (χ0v) is 9.64. The molecule has 0 aliphatic heterocycles. The van der Waals surface area contributed by atoms with Gasteiger partial charge in [-0.1, -0.05) is 0 Å². The molecule has 0 spiro atoms. The Morgan fingerprint density at radius 2 is 2.13 bits per heavy atom. The van der Waals surface area contributed by atoms with Crippen LogP contribution in [0, 0.1) is 0 Å². The predicted molar refractivity (Wildman–Crippen MR) is 61.9 cm³/mol. The average molecular weight is 245 g/mol. The van der Waals surface area contributed by atoms with Gasteiger partial charge in [-0.2, -0.15) is 0 Å². The molecule has 4 nitrogen and oxygen atoms in total. The van der Waals surface area contributed by atoms with E-state index in [4.69, 9.17) is 11.6 Å². The van der Waals surface area contributed by atoms with Crippen LogP contribution in [0.1, 0.15) is 6.92 Å². The van der Waals surface area contributed by atoms with Crippen LogP contribution in [-0.4, -0.2) is 9.13 Å². The van der Waals surface area contributed by atoms with Crippen molar-refractivity contribution in [1.82, 2.24) is 9.13 Å². The van der Waals surface area contributed by atoms with E-state index in [1.165, 1.54) is 20.5 Å². The molecular formula is C9H9ClN2O2S. The summed E-state index contributed by atoms with van der Waals surface area (Å²) >= 11 is 7.03. The average Bonchev–Trinajstić information content (AvgIpc) is 2.68. The molecule has 0 atom stereocenters. The normalized spacial score (nSPS) is 11.1. The van der Waals surface area contributed by atoms with Crippen molar-refractivity contribution in [3.63, 3.8) is 0 Å². The van der Waals surface area contributed by atoms with E-state index in [0.717, 1.165) is 0 Å². The Labute approximate surface area is 94.3 Å². The van der Waals surface area contributed by atoms with Gasteiger partial charge in [0, 0.05) is 6.54 Å². The highest BCUT2D eigenvalue weighted by Gasteiger charge is 2.11. The third-order valence-corrected chi connectivity index (χ3v) is 3.40. The van der Waals surface area contributed by atoms with Gasteiger partial charge in [0.1, 0.15) is 10.7 Å². The first-order chi connectivity index (χ1) is 7.20. The summed E-state index contributed by atoms with van der Waals surface area (Å²) in [5, 5.41) is 1.79. The summed E-state index contributed by atoms with van der Waals surface area (Å²) in [5.41, 5.74) is 0.0481. The number of nitrogens with zero attached hydrogens (tertiary/aromatic N) is 2. The molecule has 2 aromatic heterocycles. The van der Waals surface area contributed by atoms with Gasteiger partial charge in [0.15, 0.2) is 0 Å². The Morgan fingerprint density at radius 3 is 2.73 bits per heavy atom. The Bertz CT molecular complexity index is 611. The highest BCUT2D eigenvalue weighted by Crippen LogP contribution is 2.15. The molecule has 0 saturated heterocycles. The molecule has 6 heteroatoms. The SMILES string of the molecule is CCn1c(=O)c2sccc2n(CCl)c1=O. The van der Waals surface area contributed by atoms with Crippen LogP contribution < -0.4 is 11.2 Å².